The van der Waals surface area contributed by atoms with Crippen LogP contribution in [-0.2, 0) is 9.53 Å². The summed E-state index contributed by atoms with van der Waals surface area (Å²) in [5.41, 5.74) is -0.195. The Morgan fingerprint density at radius 3 is 2.73 bits per heavy atom. The average Bonchev–Trinajstić information content (AvgIpc) is 2.53. The summed E-state index contributed by atoms with van der Waals surface area (Å²) in [4.78, 5) is 13.9. The highest BCUT2D eigenvalue weighted by Gasteiger charge is 2.25. The Morgan fingerprint density at radius 2 is 2.05 bits per heavy atom. The van der Waals surface area contributed by atoms with Gasteiger partial charge in [-0.3, -0.25) is 9.69 Å². The first-order valence-electron chi connectivity index (χ1n) is 7.43. The molecule has 1 unspecified atom stereocenters. The van der Waals surface area contributed by atoms with Crippen LogP contribution in [0, 0.1) is 11.8 Å². The Labute approximate surface area is 131 Å². The topological polar surface area (TPSA) is 61.8 Å². The fraction of sp³-hybridized carbons (Fsp3) is 0.471. The minimum absolute atomic E-state index is 0.173. The van der Waals surface area contributed by atoms with Crippen molar-refractivity contribution in [3.05, 3.63) is 35.9 Å². The summed E-state index contributed by atoms with van der Waals surface area (Å²) in [5, 5.41) is 13.0. The molecule has 22 heavy (non-hydrogen) atoms. The van der Waals surface area contributed by atoms with Crippen LogP contribution in [0.15, 0.2) is 30.3 Å². The molecule has 1 heterocycles. The van der Waals surface area contributed by atoms with E-state index in [-0.39, 0.29) is 12.5 Å². The van der Waals surface area contributed by atoms with E-state index in [9.17, 15) is 9.90 Å². The fourth-order valence-electron chi connectivity index (χ4n) is 2.26. The molecule has 0 aliphatic carbocycles. The maximum absolute atomic E-state index is 11.7. The maximum atomic E-state index is 11.7. The van der Waals surface area contributed by atoms with Crippen molar-refractivity contribution >= 4 is 5.91 Å². The number of nitrogens with one attached hydrogen (secondary N) is 1. The molecule has 0 radical (unpaired) electrons. The minimum Gasteiger partial charge on any atom is -0.387 e. The van der Waals surface area contributed by atoms with Crippen LogP contribution in [0.4, 0.5) is 0 Å². The van der Waals surface area contributed by atoms with Crippen LogP contribution in [0.1, 0.15) is 12.5 Å². The molecular formula is C17H22N2O3. The molecule has 2 rings (SSSR count). The molecule has 0 aromatic heterocycles. The first-order chi connectivity index (χ1) is 10.6. The molecule has 0 spiro atoms. The van der Waals surface area contributed by atoms with Crippen LogP contribution in [0.25, 0.3) is 0 Å². The number of β-amino-alcohol motifs (C(OH)–C–C–N with tert-alkyl or cyclic N) is 1. The van der Waals surface area contributed by atoms with Crippen LogP contribution in [0.2, 0.25) is 0 Å². The second-order valence-electron chi connectivity index (χ2n) is 5.68. The van der Waals surface area contributed by atoms with E-state index in [1.165, 1.54) is 0 Å². The van der Waals surface area contributed by atoms with Gasteiger partial charge < -0.3 is 15.2 Å². The van der Waals surface area contributed by atoms with Crippen molar-refractivity contribution < 1.29 is 14.6 Å². The number of morpholine rings is 1. The van der Waals surface area contributed by atoms with Crippen LogP contribution in [-0.4, -0.2) is 60.9 Å². The van der Waals surface area contributed by atoms with E-state index in [1.807, 2.05) is 30.3 Å². The number of rotatable bonds is 4. The number of ether oxygens (including phenoxy) is 1. The largest absolute Gasteiger partial charge is 0.387 e. The van der Waals surface area contributed by atoms with Gasteiger partial charge in [0.1, 0.15) is 0 Å². The molecule has 118 valence electrons. The zero-order chi connectivity index (χ0) is 15.8. The van der Waals surface area contributed by atoms with Crippen molar-refractivity contribution in [2.75, 3.05) is 39.4 Å². The van der Waals surface area contributed by atoms with E-state index < -0.39 is 5.60 Å². The van der Waals surface area contributed by atoms with Crippen molar-refractivity contribution in [2.45, 2.75) is 12.5 Å². The molecule has 1 aromatic rings. The molecule has 2 N–H and O–H groups in total. The van der Waals surface area contributed by atoms with Gasteiger partial charge in [0.2, 0.25) is 0 Å². The molecule has 1 saturated heterocycles. The molecule has 5 nitrogen and oxygen atoms in total. The van der Waals surface area contributed by atoms with Gasteiger partial charge in [-0.15, -0.1) is 0 Å². The number of aliphatic hydroxyl groups is 1. The molecule has 5 heteroatoms. The highest BCUT2D eigenvalue weighted by molar-refractivity contribution is 5.94. The SMILES string of the molecule is CC(O)(CNC(=O)C#Cc1ccccc1)CN1CCOCC1. The second-order valence-corrected chi connectivity index (χ2v) is 5.68. The first-order valence-corrected chi connectivity index (χ1v) is 7.43. The number of nitrogens with zero attached hydrogens (tertiary/aromatic N) is 1. The number of carbonyl (C=O) groups excluding carboxylic acids is 1. The molecule has 0 saturated carbocycles. The highest BCUT2D eigenvalue weighted by atomic mass is 16.5. The minimum atomic E-state index is -0.985. The molecule has 1 aliphatic heterocycles. The van der Waals surface area contributed by atoms with Crippen molar-refractivity contribution in [2.24, 2.45) is 0 Å². The lowest BCUT2D eigenvalue weighted by Crippen LogP contribution is -2.51. The smallest absolute Gasteiger partial charge is 0.296 e. The van der Waals surface area contributed by atoms with Gasteiger partial charge in [0.25, 0.3) is 5.91 Å². The van der Waals surface area contributed by atoms with Gasteiger partial charge in [0, 0.05) is 37.7 Å². The first kappa shape index (κ1) is 16.5. The lowest BCUT2D eigenvalue weighted by molar-refractivity contribution is -0.117. The fourth-order valence-corrected chi connectivity index (χ4v) is 2.26. The summed E-state index contributed by atoms with van der Waals surface area (Å²) in [5.74, 6) is 4.94. The number of carbonyl (C=O) groups is 1. The van der Waals surface area contributed by atoms with E-state index in [1.54, 1.807) is 6.92 Å². The number of amides is 1. The van der Waals surface area contributed by atoms with Crippen molar-refractivity contribution in [1.82, 2.24) is 10.2 Å². The highest BCUT2D eigenvalue weighted by Crippen LogP contribution is 2.07. The van der Waals surface area contributed by atoms with Gasteiger partial charge in [-0.2, -0.15) is 0 Å². The summed E-state index contributed by atoms with van der Waals surface area (Å²) >= 11 is 0. The Morgan fingerprint density at radius 1 is 1.36 bits per heavy atom. The zero-order valence-corrected chi connectivity index (χ0v) is 12.8. The predicted octanol–water partition coefficient (Wildman–Crippen LogP) is 0.237. The summed E-state index contributed by atoms with van der Waals surface area (Å²) in [7, 11) is 0. The molecule has 1 atom stereocenters. The third kappa shape index (κ3) is 5.86. The monoisotopic (exact) mass is 302 g/mol. The average molecular weight is 302 g/mol. The Hall–Kier alpha value is -1.87. The summed E-state index contributed by atoms with van der Waals surface area (Å²) in [6, 6.07) is 9.32. The third-order valence-corrected chi connectivity index (χ3v) is 3.39. The van der Waals surface area contributed by atoms with E-state index in [2.05, 4.69) is 22.1 Å². The normalized spacial score (nSPS) is 17.9. The van der Waals surface area contributed by atoms with Crippen LogP contribution in [0.3, 0.4) is 0 Å². The number of hydrogen-bond donors (Lipinski definition) is 2. The maximum Gasteiger partial charge on any atom is 0.296 e. The van der Waals surface area contributed by atoms with E-state index in [0.29, 0.717) is 19.8 Å². The lowest BCUT2D eigenvalue weighted by atomic mass is 10.1. The van der Waals surface area contributed by atoms with E-state index in [0.717, 1.165) is 18.7 Å². The van der Waals surface area contributed by atoms with Gasteiger partial charge in [0.05, 0.1) is 18.8 Å². The van der Waals surface area contributed by atoms with Crippen molar-refractivity contribution in [3.8, 4) is 11.8 Å². The molecule has 1 amide bonds. The Balaban J connectivity index is 1.78. The summed E-state index contributed by atoms with van der Waals surface area (Å²) < 4.78 is 5.28. The number of hydrogen-bond acceptors (Lipinski definition) is 4. The quantitative estimate of drug-likeness (QED) is 0.782. The summed E-state index contributed by atoms with van der Waals surface area (Å²) in [6.45, 7) is 5.37. The lowest BCUT2D eigenvalue weighted by Gasteiger charge is -2.33. The Kier molecular flexibility index (Phi) is 5.96. The molecule has 1 aliphatic rings. The molecule has 0 bridgehead atoms. The van der Waals surface area contributed by atoms with Gasteiger partial charge in [0.15, 0.2) is 0 Å². The van der Waals surface area contributed by atoms with Gasteiger partial charge in [-0.1, -0.05) is 24.1 Å². The number of benzene rings is 1. The molecule has 1 aromatic carbocycles. The zero-order valence-electron chi connectivity index (χ0n) is 12.8. The standard InChI is InChI=1S/C17H22N2O3/c1-17(21,14-19-9-11-22-12-10-19)13-18-16(20)8-7-15-5-3-2-4-6-15/h2-6,21H,9-14H2,1H3,(H,18,20). The molecular weight excluding hydrogens is 280 g/mol. The summed E-state index contributed by atoms with van der Waals surface area (Å²) in [6.07, 6.45) is 0. The predicted molar refractivity (Wildman–Crippen MR) is 84.2 cm³/mol. The van der Waals surface area contributed by atoms with Crippen LogP contribution in [0.5, 0.6) is 0 Å². The van der Waals surface area contributed by atoms with Crippen LogP contribution >= 0.6 is 0 Å². The van der Waals surface area contributed by atoms with Crippen molar-refractivity contribution in [1.29, 1.82) is 0 Å². The van der Waals surface area contributed by atoms with E-state index >= 15 is 0 Å². The van der Waals surface area contributed by atoms with Crippen LogP contribution < -0.4 is 5.32 Å². The third-order valence-electron chi connectivity index (χ3n) is 3.39. The Bertz CT molecular complexity index is 540. The second kappa shape index (κ2) is 7.95. The van der Waals surface area contributed by atoms with Gasteiger partial charge >= 0.3 is 0 Å². The molecule has 1 fully saturated rings. The van der Waals surface area contributed by atoms with E-state index in [4.69, 9.17) is 4.74 Å². The van der Waals surface area contributed by atoms with Gasteiger partial charge in [-0.05, 0) is 19.1 Å². The van der Waals surface area contributed by atoms with Crippen molar-refractivity contribution in [3.63, 3.8) is 0 Å². The van der Waals surface area contributed by atoms with Gasteiger partial charge in [-0.25, -0.2) is 0 Å².